The van der Waals surface area contributed by atoms with Gasteiger partial charge in [-0.05, 0) is 46.3 Å². The number of carbonyl (C=O) groups excluding carboxylic acids is 1. The molecule has 0 saturated carbocycles. The lowest BCUT2D eigenvalue weighted by Gasteiger charge is -2.14. The lowest BCUT2D eigenvalue weighted by Crippen LogP contribution is -2.24. The van der Waals surface area contributed by atoms with Crippen LogP contribution in [0.2, 0.25) is 5.02 Å². The summed E-state index contributed by atoms with van der Waals surface area (Å²) in [5.41, 5.74) is 1.82. The fraction of sp³-hybridized carbons (Fsp3) is 0.105. The molecule has 0 saturated heterocycles. The van der Waals surface area contributed by atoms with Crippen LogP contribution in [0, 0.1) is 5.82 Å². The van der Waals surface area contributed by atoms with Gasteiger partial charge < -0.3 is 0 Å². The third kappa shape index (κ3) is 3.84. The maximum atomic E-state index is 14.4. The first kappa shape index (κ1) is 20.2. The van der Waals surface area contributed by atoms with Crippen LogP contribution in [0.1, 0.15) is 18.3 Å². The monoisotopic (exact) mass is 465 g/mol. The third-order valence-electron chi connectivity index (χ3n) is 4.05. The molecule has 28 heavy (non-hydrogen) atoms. The molecule has 2 N–H and O–H groups in total. The molecule has 1 aromatic heterocycles. The highest BCUT2D eigenvalue weighted by atomic mass is 79.9. The van der Waals surface area contributed by atoms with Crippen molar-refractivity contribution in [3.05, 3.63) is 73.5 Å². The summed E-state index contributed by atoms with van der Waals surface area (Å²) in [4.78, 5) is 28.8. The van der Waals surface area contributed by atoms with E-state index >= 15 is 0 Å². The van der Waals surface area contributed by atoms with Gasteiger partial charge in [-0.3, -0.25) is 19.4 Å². The zero-order valence-electron chi connectivity index (χ0n) is 14.5. The number of rotatable bonds is 4. The summed E-state index contributed by atoms with van der Waals surface area (Å²) in [7, 11) is 0. The maximum absolute atomic E-state index is 14.4. The molecule has 3 rings (SSSR count). The van der Waals surface area contributed by atoms with E-state index in [0.717, 1.165) is 18.2 Å². The van der Waals surface area contributed by atoms with E-state index in [0.29, 0.717) is 27.4 Å². The molecule has 144 valence electrons. The van der Waals surface area contributed by atoms with E-state index < -0.39 is 11.7 Å². The van der Waals surface area contributed by atoms with Crippen LogP contribution in [0.3, 0.4) is 0 Å². The Kier molecular flexibility index (Phi) is 5.93. The van der Waals surface area contributed by atoms with Gasteiger partial charge in [0.15, 0.2) is 0 Å². The number of halogens is 3. The Labute approximate surface area is 172 Å². The molecular weight excluding hydrogens is 453 g/mol. The van der Waals surface area contributed by atoms with Gasteiger partial charge in [0.25, 0.3) is 11.5 Å². The summed E-state index contributed by atoms with van der Waals surface area (Å²) in [5, 5.41) is 9.23. The Morgan fingerprint density at radius 2 is 2.14 bits per heavy atom. The summed E-state index contributed by atoms with van der Waals surface area (Å²) >= 11 is 9.40. The Morgan fingerprint density at radius 3 is 2.79 bits per heavy atom. The van der Waals surface area contributed by atoms with Crippen molar-refractivity contribution in [3.63, 3.8) is 0 Å². The smallest absolute Gasteiger partial charge is 0.267 e. The summed E-state index contributed by atoms with van der Waals surface area (Å²) in [5.74, 6) is -1.00. The number of hydrogen-bond acceptors (Lipinski definition) is 4. The van der Waals surface area contributed by atoms with Crippen LogP contribution in [0.5, 0.6) is 0 Å². The van der Waals surface area contributed by atoms with Gasteiger partial charge in [0.1, 0.15) is 11.6 Å². The molecule has 0 unspecified atom stereocenters. The number of amides is 1. The quantitative estimate of drug-likeness (QED) is 0.346. The molecular formula is C19H14BrClFN3O3. The SMILES string of the molecule is CCc1nc2cc(F)c(/C=C/C(=O)NO)cc2c(=O)n1-c1ccc(Cl)cc1Br. The van der Waals surface area contributed by atoms with Crippen molar-refractivity contribution in [2.45, 2.75) is 13.3 Å². The molecule has 0 atom stereocenters. The van der Waals surface area contributed by atoms with Crippen molar-refractivity contribution >= 4 is 50.4 Å². The standard InChI is InChI=1S/C19H14BrClFN3O3/c1-2-17-23-15-9-14(22)10(3-6-18(26)24-28)7-12(15)19(27)25(17)16-5-4-11(21)8-13(16)20/h3-9,28H,2H2,1H3,(H,24,26)/b6-3+. The number of hydroxylamine groups is 1. The molecule has 0 aliphatic rings. The predicted molar refractivity (Wildman–Crippen MR) is 108 cm³/mol. The lowest BCUT2D eigenvalue weighted by atomic mass is 10.1. The van der Waals surface area contributed by atoms with Gasteiger partial charge in [-0.25, -0.2) is 14.9 Å². The minimum absolute atomic E-state index is 0.0148. The number of benzene rings is 2. The molecule has 1 heterocycles. The Balaban J connectivity index is 2.29. The highest BCUT2D eigenvalue weighted by Gasteiger charge is 2.16. The van der Waals surface area contributed by atoms with Gasteiger partial charge in [0, 0.05) is 33.6 Å². The molecule has 0 aliphatic carbocycles. The molecule has 0 fully saturated rings. The normalized spacial score (nSPS) is 11.3. The summed E-state index contributed by atoms with van der Waals surface area (Å²) < 4.78 is 16.4. The summed E-state index contributed by atoms with van der Waals surface area (Å²) in [6.07, 6.45) is 2.56. The predicted octanol–water partition coefficient (Wildman–Crippen LogP) is 4.02. The Morgan fingerprint density at radius 1 is 1.39 bits per heavy atom. The van der Waals surface area contributed by atoms with Crippen molar-refractivity contribution < 1.29 is 14.4 Å². The maximum Gasteiger partial charge on any atom is 0.267 e. The third-order valence-corrected chi connectivity index (χ3v) is 4.92. The van der Waals surface area contributed by atoms with Gasteiger partial charge in [-0.15, -0.1) is 0 Å². The van der Waals surface area contributed by atoms with Crippen LogP contribution < -0.4 is 11.0 Å². The largest absolute Gasteiger partial charge is 0.288 e. The van der Waals surface area contributed by atoms with Crippen molar-refractivity contribution in [3.8, 4) is 5.69 Å². The van der Waals surface area contributed by atoms with Crippen LogP contribution >= 0.6 is 27.5 Å². The highest BCUT2D eigenvalue weighted by molar-refractivity contribution is 9.10. The first-order valence-electron chi connectivity index (χ1n) is 8.18. The van der Waals surface area contributed by atoms with Gasteiger partial charge in [-0.2, -0.15) is 0 Å². The molecule has 9 heteroatoms. The molecule has 0 aliphatic heterocycles. The minimum atomic E-state index is -0.818. The minimum Gasteiger partial charge on any atom is -0.288 e. The summed E-state index contributed by atoms with van der Waals surface area (Å²) in [6.45, 7) is 1.84. The van der Waals surface area contributed by atoms with E-state index in [9.17, 15) is 14.0 Å². The van der Waals surface area contributed by atoms with Crippen molar-refractivity contribution in [2.24, 2.45) is 0 Å². The van der Waals surface area contributed by atoms with Crippen LogP contribution in [0.15, 0.2) is 45.7 Å². The van der Waals surface area contributed by atoms with E-state index in [-0.39, 0.29) is 22.0 Å². The first-order valence-corrected chi connectivity index (χ1v) is 9.35. The number of hydrogen-bond donors (Lipinski definition) is 2. The van der Waals surface area contributed by atoms with Crippen LogP contribution in [-0.4, -0.2) is 20.7 Å². The van der Waals surface area contributed by atoms with Gasteiger partial charge in [-0.1, -0.05) is 18.5 Å². The second-order valence-corrected chi connectivity index (χ2v) is 7.11. The van der Waals surface area contributed by atoms with Gasteiger partial charge in [0.2, 0.25) is 0 Å². The molecule has 0 radical (unpaired) electrons. The second kappa shape index (κ2) is 8.22. The molecule has 1 amide bonds. The van der Waals surface area contributed by atoms with Crippen LogP contribution in [-0.2, 0) is 11.2 Å². The highest BCUT2D eigenvalue weighted by Crippen LogP contribution is 2.26. The van der Waals surface area contributed by atoms with E-state index in [1.807, 2.05) is 6.92 Å². The van der Waals surface area contributed by atoms with Crippen molar-refractivity contribution in [2.75, 3.05) is 0 Å². The number of nitrogens with zero attached hydrogens (tertiary/aromatic N) is 2. The van der Waals surface area contributed by atoms with E-state index in [1.54, 1.807) is 18.2 Å². The van der Waals surface area contributed by atoms with Gasteiger partial charge in [0.05, 0.1) is 16.6 Å². The fourth-order valence-electron chi connectivity index (χ4n) is 2.75. The Bertz CT molecular complexity index is 1180. The van der Waals surface area contributed by atoms with Crippen molar-refractivity contribution in [1.82, 2.24) is 15.0 Å². The number of nitrogens with one attached hydrogen (secondary N) is 1. The van der Waals surface area contributed by atoms with E-state index in [2.05, 4.69) is 20.9 Å². The number of carbonyl (C=O) groups is 1. The molecule has 0 bridgehead atoms. The molecule has 2 aromatic carbocycles. The number of fused-ring (bicyclic) bond motifs is 1. The number of aryl methyl sites for hydroxylation is 1. The van der Waals surface area contributed by atoms with Crippen molar-refractivity contribution in [1.29, 1.82) is 0 Å². The molecule has 3 aromatic rings. The van der Waals surface area contributed by atoms with Crippen LogP contribution in [0.25, 0.3) is 22.7 Å². The molecule has 6 nitrogen and oxygen atoms in total. The van der Waals surface area contributed by atoms with E-state index in [4.69, 9.17) is 16.8 Å². The topological polar surface area (TPSA) is 84.2 Å². The average molecular weight is 467 g/mol. The molecule has 0 spiro atoms. The number of aromatic nitrogens is 2. The zero-order valence-corrected chi connectivity index (χ0v) is 16.9. The first-order chi connectivity index (χ1) is 13.3. The Hall–Kier alpha value is -2.55. The second-order valence-electron chi connectivity index (χ2n) is 5.82. The average Bonchev–Trinajstić information content (AvgIpc) is 2.67. The van der Waals surface area contributed by atoms with Gasteiger partial charge >= 0.3 is 0 Å². The van der Waals surface area contributed by atoms with E-state index in [1.165, 1.54) is 16.1 Å². The summed E-state index contributed by atoms with van der Waals surface area (Å²) in [6, 6.07) is 7.48. The van der Waals surface area contributed by atoms with Crippen LogP contribution in [0.4, 0.5) is 4.39 Å². The lowest BCUT2D eigenvalue weighted by molar-refractivity contribution is -0.124. The fourth-order valence-corrected chi connectivity index (χ4v) is 3.61. The zero-order chi connectivity index (χ0) is 20.4.